The van der Waals surface area contributed by atoms with Gasteiger partial charge in [0.05, 0.1) is 52.1 Å². The number of alkyl halides is 4. The third kappa shape index (κ3) is 17.4. The standard InChI is InChI=1S/C16H21Cl2N3O2.C16H22ClN3O3.C16H20ClN3O2.2ClH.H2O/c1-20-14-6-5-12(21(9-7-17)10-8-18)11-13(14)19-15(20)3-2-4-16(22)23;1-19-14-6-5-12(20(8-7-17)9-10-21)11-13(14)18-15(19)3-2-4-16(22)23;1-19-14-6-5-12(20(8-7-17)9-10-20)11-13(14)18-15(19)3-2-4-16(21)22;;;/h5-6,11H,2-4,7-10H2,1H3,(H,22,23);5-6,11,21H,2-4,7-10H2,1H3,(H,22,23);5-6,11H,2-4,7-10H2,1H3;2*1H;1H2. The molecule has 23 heteroatoms. The van der Waals surface area contributed by atoms with E-state index in [1.807, 2.05) is 71.6 Å². The van der Waals surface area contributed by atoms with Crippen LogP contribution in [0.4, 0.5) is 17.1 Å². The molecule has 394 valence electrons. The minimum absolute atomic E-state index is 0. The van der Waals surface area contributed by atoms with E-state index in [2.05, 4.69) is 37.6 Å². The number of benzene rings is 3. The molecule has 7 rings (SSSR count). The van der Waals surface area contributed by atoms with E-state index in [4.69, 9.17) is 66.7 Å². The first-order chi connectivity index (χ1) is 32.7. The van der Waals surface area contributed by atoms with Crippen LogP contribution < -0.4 is 26.7 Å². The van der Waals surface area contributed by atoms with Crippen molar-refractivity contribution in [2.24, 2.45) is 21.1 Å². The number of aliphatic hydroxyl groups is 1. The molecule has 71 heavy (non-hydrogen) atoms. The number of aromatic nitrogens is 6. The normalized spacial score (nSPS) is 12.2. The summed E-state index contributed by atoms with van der Waals surface area (Å²) in [6.45, 7) is 5.98. The molecule has 3 aromatic carbocycles. The summed E-state index contributed by atoms with van der Waals surface area (Å²) >= 11 is 23.5. The van der Waals surface area contributed by atoms with Crippen LogP contribution in [0.1, 0.15) is 56.0 Å². The number of aliphatic hydroxyl groups excluding tert-OH is 1. The first kappa shape index (κ1) is 62.8. The fraction of sp³-hybridized carbons (Fsp3) is 0.500. The fourth-order valence-electron chi connectivity index (χ4n) is 8.33. The molecule has 1 saturated heterocycles. The van der Waals surface area contributed by atoms with Crippen molar-refractivity contribution in [2.75, 3.05) is 85.7 Å². The maximum absolute atomic E-state index is 10.6. The van der Waals surface area contributed by atoms with Crippen molar-refractivity contribution in [3.63, 3.8) is 0 Å². The molecule has 0 bridgehead atoms. The highest BCUT2D eigenvalue weighted by molar-refractivity contribution is 6.19. The second kappa shape index (κ2) is 30.7. The van der Waals surface area contributed by atoms with Crippen molar-refractivity contribution in [1.82, 2.24) is 33.1 Å². The summed E-state index contributed by atoms with van der Waals surface area (Å²) in [7, 11) is 5.89. The van der Waals surface area contributed by atoms with Gasteiger partial charge in [-0.25, -0.2) is 15.0 Å². The van der Waals surface area contributed by atoms with Gasteiger partial charge in [-0.05, 0) is 61.7 Å². The van der Waals surface area contributed by atoms with Gasteiger partial charge in [0.25, 0.3) is 0 Å². The Morgan fingerprint density at radius 3 is 1.25 bits per heavy atom. The molecule has 17 nitrogen and oxygen atoms in total. The van der Waals surface area contributed by atoms with Crippen molar-refractivity contribution >= 4 is 127 Å². The van der Waals surface area contributed by atoms with Crippen LogP contribution >= 0.6 is 58.8 Å². The van der Waals surface area contributed by atoms with Gasteiger partial charge in [-0.15, -0.1) is 58.8 Å². The predicted octanol–water partition coefficient (Wildman–Crippen LogP) is 4.42. The number of quaternary nitrogens is 1. The van der Waals surface area contributed by atoms with Crippen LogP contribution in [0.3, 0.4) is 0 Å². The summed E-state index contributed by atoms with van der Waals surface area (Å²) in [5.74, 6) is 2.65. The number of rotatable bonds is 25. The van der Waals surface area contributed by atoms with Crippen LogP contribution in [0.2, 0.25) is 0 Å². The third-order valence-corrected chi connectivity index (χ3v) is 12.9. The van der Waals surface area contributed by atoms with E-state index in [1.165, 1.54) is 5.69 Å². The van der Waals surface area contributed by atoms with E-state index < -0.39 is 17.9 Å². The molecule has 6 aromatic rings. The lowest BCUT2D eigenvalue weighted by molar-refractivity contribution is -0.138. The molecule has 0 spiro atoms. The lowest BCUT2D eigenvalue weighted by Gasteiger charge is -2.22. The number of nitrogens with zero attached hydrogens (tertiary/aromatic N) is 9. The molecule has 3 aromatic heterocycles. The highest BCUT2D eigenvalue weighted by atomic mass is 35.5. The Kier molecular flexibility index (Phi) is 27.1. The summed E-state index contributed by atoms with van der Waals surface area (Å²) in [5.41, 5.74) is 9.21. The van der Waals surface area contributed by atoms with Gasteiger partial charge in [-0.3, -0.25) is 18.9 Å². The van der Waals surface area contributed by atoms with Gasteiger partial charge >= 0.3 is 17.9 Å². The third-order valence-electron chi connectivity index (χ3n) is 12.2. The highest BCUT2D eigenvalue weighted by Gasteiger charge is 2.44. The predicted molar refractivity (Wildman–Crippen MR) is 286 cm³/mol. The van der Waals surface area contributed by atoms with Gasteiger partial charge in [0.15, 0.2) is 0 Å². The Morgan fingerprint density at radius 2 is 0.930 bits per heavy atom. The molecule has 6 N–H and O–H groups in total. The Bertz CT molecular complexity index is 2500. The Labute approximate surface area is 447 Å². The molecule has 1 fully saturated rings. The monoisotopic (exact) mass is 1110 g/mol. The van der Waals surface area contributed by atoms with E-state index in [9.17, 15) is 19.5 Å². The van der Waals surface area contributed by atoms with Crippen LogP contribution in [0.25, 0.3) is 33.1 Å². The molecular formula is C48H67Cl6N9O8. The lowest BCUT2D eigenvalue weighted by Crippen LogP contribution is -3.00. The number of halogens is 6. The summed E-state index contributed by atoms with van der Waals surface area (Å²) in [4.78, 5) is 50.0. The van der Waals surface area contributed by atoms with E-state index in [0.29, 0.717) is 75.1 Å². The number of anilines is 2. The van der Waals surface area contributed by atoms with E-state index in [0.717, 1.165) is 99.2 Å². The topological polar surface area (TPSA) is 224 Å². The Morgan fingerprint density at radius 1 is 0.577 bits per heavy atom. The van der Waals surface area contributed by atoms with Crippen molar-refractivity contribution in [1.29, 1.82) is 0 Å². The van der Waals surface area contributed by atoms with E-state index >= 15 is 0 Å². The van der Waals surface area contributed by atoms with Crippen LogP contribution in [0.15, 0.2) is 54.6 Å². The van der Waals surface area contributed by atoms with Gasteiger partial charge < -0.3 is 61.8 Å². The van der Waals surface area contributed by atoms with Crippen LogP contribution in [-0.4, -0.2) is 148 Å². The fourth-order valence-corrected chi connectivity index (χ4v) is 9.26. The second-order valence-electron chi connectivity index (χ2n) is 16.8. The number of aliphatic carboxylic acids is 3. The van der Waals surface area contributed by atoms with E-state index in [1.54, 1.807) is 0 Å². The first-order valence-corrected chi connectivity index (χ1v) is 25.1. The van der Waals surface area contributed by atoms with Crippen LogP contribution in [0, 0.1) is 0 Å². The maximum Gasteiger partial charge on any atom is 0.303 e. The SMILES string of the molecule is Cl.Cn1c(CCCC(=O)O)nc2cc(N(CCCl)CCCl)ccc21.Cn1c(CCCC(=O)O)nc2cc(N(CCO)CCCl)ccc21.Cn1c(CCCC(=O)O)nc2cc([N+]3(CCCl)CC3)ccc21.O.[Cl-]. The average Bonchev–Trinajstić information content (AvgIpc) is 3.82. The van der Waals surface area contributed by atoms with Gasteiger partial charge in [-0.1, -0.05) is 0 Å². The van der Waals surface area contributed by atoms with Crippen molar-refractivity contribution in [2.45, 2.75) is 57.8 Å². The summed E-state index contributed by atoms with van der Waals surface area (Å²) < 4.78 is 7.05. The number of fused-ring (bicyclic) bond motifs is 3. The largest absolute Gasteiger partial charge is 1.00 e. The molecule has 0 radical (unpaired) electrons. The molecule has 0 aliphatic carbocycles. The highest BCUT2D eigenvalue weighted by Crippen LogP contribution is 2.34. The zero-order chi connectivity index (χ0) is 49.4. The molecule has 1 aliphatic heterocycles. The van der Waals surface area contributed by atoms with Crippen molar-refractivity contribution in [3.05, 3.63) is 72.1 Å². The maximum atomic E-state index is 10.6. The average molecular weight is 1110 g/mol. The lowest BCUT2D eigenvalue weighted by atomic mass is 10.2. The van der Waals surface area contributed by atoms with Crippen molar-refractivity contribution in [3.8, 4) is 0 Å². The quantitative estimate of drug-likeness (QED) is 0.0356. The Balaban J connectivity index is 0.000000358. The van der Waals surface area contributed by atoms with Gasteiger partial charge in [0, 0.05) is 127 Å². The zero-order valence-electron chi connectivity index (χ0n) is 40.4. The van der Waals surface area contributed by atoms with Gasteiger partial charge in [-0.2, -0.15) is 0 Å². The molecule has 0 amide bonds. The summed E-state index contributed by atoms with van der Waals surface area (Å²) in [6.07, 6.45) is 4.24. The Hall–Kier alpha value is -4.30. The number of hydrogen-bond acceptors (Lipinski definition) is 9. The second-order valence-corrected chi connectivity index (χ2v) is 18.3. The number of carboxylic acid groups (broad SMARTS) is 3. The number of carbonyl (C=O) groups is 3. The number of aryl methyl sites for hydroxylation is 6. The van der Waals surface area contributed by atoms with Crippen LogP contribution in [0.5, 0.6) is 0 Å². The molecular weight excluding hydrogens is 1040 g/mol. The molecule has 0 atom stereocenters. The number of hydrogen-bond donors (Lipinski definition) is 4. The van der Waals surface area contributed by atoms with Gasteiger partial charge in [0.2, 0.25) is 0 Å². The number of carboxylic acids is 3. The first-order valence-electron chi connectivity index (χ1n) is 22.9. The molecule has 0 saturated carbocycles. The zero-order valence-corrected chi connectivity index (χ0v) is 45.0. The molecule has 4 heterocycles. The minimum atomic E-state index is -0.785. The summed E-state index contributed by atoms with van der Waals surface area (Å²) in [6, 6.07) is 18.5. The smallest absolute Gasteiger partial charge is 0.303 e. The summed E-state index contributed by atoms with van der Waals surface area (Å²) in [5, 5.41) is 35.4. The number of imidazole rings is 3. The van der Waals surface area contributed by atoms with Crippen molar-refractivity contribution < 1.29 is 52.7 Å². The van der Waals surface area contributed by atoms with E-state index in [-0.39, 0.29) is 56.2 Å². The minimum Gasteiger partial charge on any atom is -1.00 e. The van der Waals surface area contributed by atoms with Crippen LogP contribution in [-0.2, 0) is 54.8 Å². The molecule has 0 unspecified atom stereocenters. The van der Waals surface area contributed by atoms with Gasteiger partial charge in [0.1, 0.15) is 36.3 Å². The molecule has 1 aliphatic rings.